The summed E-state index contributed by atoms with van der Waals surface area (Å²) in [5.41, 5.74) is 7.52. The van der Waals surface area contributed by atoms with Crippen LogP contribution >= 0.6 is 11.8 Å². The zero-order chi connectivity index (χ0) is 25.5. The standard InChI is InChI=1S/C27H27N5O3S/c1-18-5-10-21(11-6-18)26-30-31-27(32(26)22-12-7-19(2)8-13-22)36-17-25(33)29-28-16-20-9-14-23(34-3)24(15-20)35-4/h5-16H,17H2,1-4H3,(H,29,33)/b28-16-. The summed E-state index contributed by atoms with van der Waals surface area (Å²) in [6.45, 7) is 4.08. The number of benzene rings is 3. The van der Waals surface area contributed by atoms with Crippen molar-refractivity contribution < 1.29 is 14.3 Å². The average molecular weight is 502 g/mol. The predicted octanol–water partition coefficient (Wildman–Crippen LogP) is 4.81. The van der Waals surface area contributed by atoms with Crippen LogP contribution in [0.3, 0.4) is 0 Å². The van der Waals surface area contributed by atoms with Gasteiger partial charge in [-0.2, -0.15) is 5.10 Å². The molecule has 4 rings (SSSR count). The van der Waals surface area contributed by atoms with Gasteiger partial charge >= 0.3 is 0 Å². The van der Waals surface area contributed by atoms with Crippen molar-refractivity contribution >= 4 is 23.9 Å². The Bertz CT molecular complexity index is 1370. The molecule has 4 aromatic rings. The van der Waals surface area contributed by atoms with Crippen LogP contribution in [-0.2, 0) is 4.79 Å². The van der Waals surface area contributed by atoms with E-state index >= 15 is 0 Å². The van der Waals surface area contributed by atoms with Crippen LogP contribution in [0, 0.1) is 13.8 Å². The van der Waals surface area contributed by atoms with E-state index in [2.05, 4.69) is 20.7 Å². The molecule has 0 saturated heterocycles. The zero-order valence-corrected chi connectivity index (χ0v) is 21.4. The topological polar surface area (TPSA) is 90.6 Å². The third-order valence-corrected chi connectivity index (χ3v) is 6.31. The number of ether oxygens (including phenoxy) is 2. The number of hydrogen-bond acceptors (Lipinski definition) is 7. The van der Waals surface area contributed by atoms with Crippen molar-refractivity contribution in [3.05, 3.63) is 83.4 Å². The maximum Gasteiger partial charge on any atom is 0.250 e. The Morgan fingerprint density at radius 1 is 0.944 bits per heavy atom. The molecule has 0 fully saturated rings. The highest BCUT2D eigenvalue weighted by Gasteiger charge is 2.17. The molecule has 0 aliphatic rings. The Morgan fingerprint density at radius 2 is 1.61 bits per heavy atom. The van der Waals surface area contributed by atoms with Gasteiger partial charge < -0.3 is 9.47 Å². The minimum absolute atomic E-state index is 0.126. The Kier molecular flexibility index (Phi) is 8.02. The summed E-state index contributed by atoms with van der Waals surface area (Å²) in [7, 11) is 3.14. The van der Waals surface area contributed by atoms with Gasteiger partial charge in [-0.25, -0.2) is 5.43 Å². The first-order valence-electron chi connectivity index (χ1n) is 11.2. The van der Waals surface area contributed by atoms with E-state index in [0.29, 0.717) is 22.5 Å². The van der Waals surface area contributed by atoms with Gasteiger partial charge in [0.05, 0.1) is 26.2 Å². The molecule has 1 aromatic heterocycles. The maximum absolute atomic E-state index is 12.5. The van der Waals surface area contributed by atoms with Gasteiger partial charge in [0.2, 0.25) is 0 Å². The second-order valence-corrected chi connectivity index (χ2v) is 8.98. The summed E-state index contributed by atoms with van der Waals surface area (Å²) in [5.74, 6) is 1.79. The molecule has 8 nitrogen and oxygen atoms in total. The van der Waals surface area contributed by atoms with Gasteiger partial charge in [-0.05, 0) is 49.7 Å². The van der Waals surface area contributed by atoms with Crippen molar-refractivity contribution in [2.75, 3.05) is 20.0 Å². The number of nitrogens with one attached hydrogen (secondary N) is 1. The number of thioether (sulfide) groups is 1. The molecule has 36 heavy (non-hydrogen) atoms. The molecule has 0 bridgehead atoms. The van der Waals surface area contributed by atoms with Crippen LogP contribution in [0.15, 0.2) is 77.0 Å². The van der Waals surface area contributed by atoms with Gasteiger partial charge in [-0.1, -0.05) is 59.3 Å². The molecule has 0 spiro atoms. The molecule has 1 amide bonds. The van der Waals surface area contributed by atoms with E-state index in [1.807, 2.05) is 73.0 Å². The van der Waals surface area contributed by atoms with Crippen molar-refractivity contribution in [3.8, 4) is 28.6 Å². The Morgan fingerprint density at radius 3 is 2.28 bits per heavy atom. The third-order valence-electron chi connectivity index (χ3n) is 5.38. The highest BCUT2D eigenvalue weighted by Crippen LogP contribution is 2.29. The lowest BCUT2D eigenvalue weighted by Gasteiger charge is -2.11. The first-order valence-corrected chi connectivity index (χ1v) is 12.2. The van der Waals surface area contributed by atoms with E-state index in [-0.39, 0.29) is 11.7 Å². The first kappa shape index (κ1) is 25.0. The fourth-order valence-electron chi connectivity index (χ4n) is 3.45. The molecule has 0 radical (unpaired) electrons. The molecule has 3 aromatic carbocycles. The van der Waals surface area contributed by atoms with E-state index in [1.54, 1.807) is 32.6 Å². The molecular formula is C27H27N5O3S. The molecule has 1 heterocycles. The summed E-state index contributed by atoms with van der Waals surface area (Å²) < 4.78 is 12.5. The smallest absolute Gasteiger partial charge is 0.250 e. The van der Waals surface area contributed by atoms with Gasteiger partial charge in [0, 0.05) is 11.3 Å². The highest BCUT2D eigenvalue weighted by molar-refractivity contribution is 7.99. The number of carbonyl (C=O) groups is 1. The number of methoxy groups -OCH3 is 2. The van der Waals surface area contributed by atoms with Crippen molar-refractivity contribution in [1.82, 2.24) is 20.2 Å². The van der Waals surface area contributed by atoms with Gasteiger partial charge in [-0.3, -0.25) is 9.36 Å². The Balaban J connectivity index is 1.48. The van der Waals surface area contributed by atoms with Crippen LogP contribution in [0.25, 0.3) is 17.1 Å². The SMILES string of the molecule is COc1ccc(/C=N\NC(=O)CSc2nnc(-c3ccc(C)cc3)n2-c2ccc(C)cc2)cc1OC. The molecule has 9 heteroatoms. The minimum Gasteiger partial charge on any atom is -0.493 e. The number of amides is 1. The van der Waals surface area contributed by atoms with Crippen LogP contribution in [-0.4, -0.2) is 46.9 Å². The Hall–Kier alpha value is -4.11. The van der Waals surface area contributed by atoms with Crippen molar-refractivity contribution in [1.29, 1.82) is 0 Å². The first-order chi connectivity index (χ1) is 17.5. The number of aromatic nitrogens is 3. The van der Waals surface area contributed by atoms with E-state index in [9.17, 15) is 4.79 Å². The quantitative estimate of drug-likeness (QED) is 0.201. The van der Waals surface area contributed by atoms with E-state index in [0.717, 1.165) is 22.4 Å². The number of aryl methyl sites for hydroxylation is 2. The zero-order valence-electron chi connectivity index (χ0n) is 20.6. The fourth-order valence-corrected chi connectivity index (χ4v) is 4.20. The largest absolute Gasteiger partial charge is 0.493 e. The number of rotatable bonds is 9. The van der Waals surface area contributed by atoms with Crippen LogP contribution in [0.2, 0.25) is 0 Å². The number of hydrazone groups is 1. The fraction of sp³-hybridized carbons (Fsp3) is 0.185. The number of hydrogen-bond donors (Lipinski definition) is 1. The molecule has 0 atom stereocenters. The number of nitrogens with zero attached hydrogens (tertiary/aromatic N) is 4. The van der Waals surface area contributed by atoms with Crippen LogP contribution in [0.4, 0.5) is 0 Å². The summed E-state index contributed by atoms with van der Waals surface area (Å²) in [4.78, 5) is 12.5. The molecule has 184 valence electrons. The summed E-state index contributed by atoms with van der Waals surface area (Å²) in [5, 5.41) is 13.5. The summed E-state index contributed by atoms with van der Waals surface area (Å²) in [6.07, 6.45) is 1.55. The normalized spacial score (nSPS) is 11.0. The molecule has 0 aliphatic carbocycles. The lowest BCUT2D eigenvalue weighted by molar-refractivity contribution is -0.118. The maximum atomic E-state index is 12.5. The van der Waals surface area contributed by atoms with Crippen molar-refractivity contribution in [2.24, 2.45) is 5.10 Å². The predicted molar refractivity (Wildman–Crippen MR) is 142 cm³/mol. The summed E-state index contributed by atoms with van der Waals surface area (Å²) in [6, 6.07) is 21.6. The molecular weight excluding hydrogens is 474 g/mol. The third kappa shape index (κ3) is 5.92. The van der Waals surface area contributed by atoms with Crippen LogP contribution in [0.5, 0.6) is 11.5 Å². The monoisotopic (exact) mass is 501 g/mol. The lowest BCUT2D eigenvalue weighted by atomic mass is 10.1. The Labute approximate surface area is 214 Å². The van der Waals surface area contributed by atoms with Crippen LogP contribution in [0.1, 0.15) is 16.7 Å². The molecule has 0 aliphatic heterocycles. The minimum atomic E-state index is -0.257. The van der Waals surface area contributed by atoms with E-state index in [1.165, 1.54) is 17.3 Å². The highest BCUT2D eigenvalue weighted by atomic mass is 32.2. The second kappa shape index (κ2) is 11.5. The van der Waals surface area contributed by atoms with Gasteiger partial charge in [0.15, 0.2) is 22.5 Å². The second-order valence-electron chi connectivity index (χ2n) is 8.04. The van der Waals surface area contributed by atoms with Gasteiger partial charge in [0.1, 0.15) is 0 Å². The van der Waals surface area contributed by atoms with Gasteiger partial charge in [0.25, 0.3) is 5.91 Å². The van der Waals surface area contributed by atoms with Crippen molar-refractivity contribution in [3.63, 3.8) is 0 Å². The average Bonchev–Trinajstić information content (AvgIpc) is 3.32. The molecule has 0 saturated carbocycles. The lowest BCUT2D eigenvalue weighted by Crippen LogP contribution is -2.20. The number of carbonyl (C=O) groups excluding carboxylic acids is 1. The molecule has 1 N–H and O–H groups in total. The van der Waals surface area contributed by atoms with Crippen molar-refractivity contribution in [2.45, 2.75) is 19.0 Å². The van der Waals surface area contributed by atoms with E-state index in [4.69, 9.17) is 9.47 Å². The van der Waals surface area contributed by atoms with E-state index < -0.39 is 0 Å². The molecule has 0 unspecified atom stereocenters. The summed E-state index contributed by atoms with van der Waals surface area (Å²) >= 11 is 1.30. The van der Waals surface area contributed by atoms with Crippen LogP contribution < -0.4 is 14.9 Å². The van der Waals surface area contributed by atoms with Gasteiger partial charge in [-0.15, -0.1) is 10.2 Å².